The van der Waals surface area contributed by atoms with Crippen molar-refractivity contribution in [3.8, 4) is 0 Å². The van der Waals surface area contributed by atoms with E-state index in [0.717, 1.165) is 31.0 Å². The first-order chi connectivity index (χ1) is 17.0. The standard InChI is InChI=1S/C32H34N2O/c1-4-13-26-20-29(31-33-32(2,3)23-35-31)27-18-11-12-19-28(27)30(26)34(21-24-14-7-5-8-15-24)22-25-16-9-6-10-17-25/h4-12,14-20,26,30H,1,13,21-23H2,2-3H3/t26-,30+/m0/s1. The van der Waals surface area contributed by atoms with Crippen LogP contribution in [0.1, 0.15) is 48.6 Å². The molecule has 3 nitrogen and oxygen atoms in total. The highest BCUT2D eigenvalue weighted by molar-refractivity contribution is 6.21. The molecule has 3 heteroatoms. The van der Waals surface area contributed by atoms with E-state index in [4.69, 9.17) is 9.73 Å². The summed E-state index contributed by atoms with van der Waals surface area (Å²) in [6.07, 6.45) is 5.32. The summed E-state index contributed by atoms with van der Waals surface area (Å²) in [5.74, 6) is 1.03. The van der Waals surface area contributed by atoms with Crippen molar-refractivity contribution in [3.05, 3.63) is 126 Å². The lowest BCUT2D eigenvalue weighted by Crippen LogP contribution is -2.35. The SMILES string of the molecule is C=CC[C@H]1C=C(C2=NC(C)(C)CO2)c2ccccc2[C@@H]1N(Cc1ccccc1)Cc1ccccc1. The molecule has 0 bridgehead atoms. The van der Waals surface area contributed by atoms with E-state index in [2.05, 4.69) is 116 Å². The lowest BCUT2D eigenvalue weighted by Gasteiger charge is -2.40. The minimum Gasteiger partial charge on any atom is -0.475 e. The zero-order valence-corrected chi connectivity index (χ0v) is 20.7. The lowest BCUT2D eigenvalue weighted by molar-refractivity contribution is 0.141. The second-order valence-electron chi connectivity index (χ2n) is 10.2. The Morgan fingerprint density at radius 3 is 2.09 bits per heavy atom. The van der Waals surface area contributed by atoms with Gasteiger partial charge in [-0.25, -0.2) is 4.99 Å². The average molecular weight is 463 g/mol. The molecule has 178 valence electrons. The maximum Gasteiger partial charge on any atom is 0.217 e. The number of ether oxygens (including phenoxy) is 1. The molecule has 0 spiro atoms. The van der Waals surface area contributed by atoms with Gasteiger partial charge in [0.2, 0.25) is 5.90 Å². The minimum atomic E-state index is -0.192. The molecule has 0 saturated heterocycles. The Kier molecular flexibility index (Phi) is 6.70. The molecule has 3 aromatic carbocycles. The molecule has 1 aliphatic carbocycles. The molecule has 0 amide bonds. The van der Waals surface area contributed by atoms with E-state index >= 15 is 0 Å². The van der Waals surface area contributed by atoms with Crippen molar-refractivity contribution < 1.29 is 4.74 Å². The third-order valence-corrected chi connectivity index (χ3v) is 6.84. The van der Waals surface area contributed by atoms with E-state index in [1.807, 2.05) is 6.08 Å². The van der Waals surface area contributed by atoms with Crippen LogP contribution in [-0.2, 0) is 17.8 Å². The summed E-state index contributed by atoms with van der Waals surface area (Å²) in [5, 5.41) is 0. The van der Waals surface area contributed by atoms with Gasteiger partial charge in [-0.3, -0.25) is 4.90 Å². The van der Waals surface area contributed by atoms with E-state index in [9.17, 15) is 0 Å². The Balaban J connectivity index is 1.60. The van der Waals surface area contributed by atoms with E-state index < -0.39 is 0 Å². The van der Waals surface area contributed by atoms with Crippen LogP contribution in [0.25, 0.3) is 5.57 Å². The van der Waals surface area contributed by atoms with E-state index in [1.165, 1.54) is 22.3 Å². The molecular weight excluding hydrogens is 428 g/mol. The van der Waals surface area contributed by atoms with Crippen molar-refractivity contribution in [1.29, 1.82) is 0 Å². The zero-order valence-electron chi connectivity index (χ0n) is 20.7. The number of allylic oxidation sites excluding steroid dienone is 1. The van der Waals surface area contributed by atoms with Gasteiger partial charge >= 0.3 is 0 Å². The molecule has 2 aliphatic rings. The zero-order chi connectivity index (χ0) is 24.3. The van der Waals surface area contributed by atoms with Crippen LogP contribution in [0.4, 0.5) is 0 Å². The molecule has 0 aromatic heterocycles. The number of benzene rings is 3. The van der Waals surface area contributed by atoms with Crippen LogP contribution in [0.5, 0.6) is 0 Å². The van der Waals surface area contributed by atoms with Gasteiger partial charge in [-0.1, -0.05) is 97.1 Å². The quantitative estimate of drug-likeness (QED) is 0.330. The fourth-order valence-corrected chi connectivity index (χ4v) is 5.28. The Hall–Kier alpha value is -3.43. The maximum absolute atomic E-state index is 6.12. The van der Waals surface area contributed by atoms with E-state index in [1.54, 1.807) is 0 Å². The van der Waals surface area contributed by atoms with Crippen LogP contribution in [0.3, 0.4) is 0 Å². The van der Waals surface area contributed by atoms with Gasteiger partial charge in [0.25, 0.3) is 0 Å². The molecule has 0 unspecified atom stereocenters. The molecule has 1 heterocycles. The Morgan fingerprint density at radius 2 is 1.51 bits per heavy atom. The third-order valence-electron chi connectivity index (χ3n) is 6.84. The van der Waals surface area contributed by atoms with E-state index in [0.29, 0.717) is 6.61 Å². The number of hydrogen-bond donors (Lipinski definition) is 0. The largest absolute Gasteiger partial charge is 0.475 e. The van der Waals surface area contributed by atoms with Crippen molar-refractivity contribution in [3.63, 3.8) is 0 Å². The molecule has 1 aliphatic heterocycles. The van der Waals surface area contributed by atoms with Crippen molar-refractivity contribution in [2.45, 2.75) is 44.9 Å². The highest BCUT2D eigenvalue weighted by atomic mass is 16.5. The smallest absolute Gasteiger partial charge is 0.217 e. The lowest BCUT2D eigenvalue weighted by atomic mass is 9.78. The molecule has 3 aromatic rings. The fourth-order valence-electron chi connectivity index (χ4n) is 5.28. The number of hydrogen-bond acceptors (Lipinski definition) is 3. The van der Waals surface area contributed by atoms with Crippen molar-refractivity contribution >= 4 is 11.5 Å². The fraction of sp³-hybridized carbons (Fsp3) is 0.281. The topological polar surface area (TPSA) is 24.8 Å². The average Bonchev–Trinajstić information content (AvgIpc) is 3.24. The van der Waals surface area contributed by atoms with Crippen molar-refractivity contribution in [2.75, 3.05) is 6.61 Å². The second-order valence-corrected chi connectivity index (χ2v) is 10.2. The van der Waals surface area contributed by atoms with Crippen molar-refractivity contribution in [2.24, 2.45) is 10.9 Å². The summed E-state index contributed by atoms with van der Waals surface area (Å²) in [5.41, 5.74) is 6.12. The summed E-state index contributed by atoms with van der Waals surface area (Å²) in [4.78, 5) is 7.55. The van der Waals surface area contributed by atoms with Crippen molar-refractivity contribution in [1.82, 2.24) is 4.90 Å². The number of rotatable bonds is 8. The van der Waals surface area contributed by atoms with Gasteiger partial charge in [0.05, 0.1) is 5.54 Å². The first-order valence-corrected chi connectivity index (χ1v) is 12.5. The monoisotopic (exact) mass is 462 g/mol. The molecule has 0 saturated carbocycles. The molecule has 35 heavy (non-hydrogen) atoms. The summed E-state index contributed by atoms with van der Waals surface area (Å²) >= 11 is 0. The van der Waals surface area contributed by atoms with Gasteiger partial charge in [-0.15, -0.1) is 6.58 Å². The molecule has 5 rings (SSSR count). The Bertz CT molecular complexity index is 1190. The van der Waals surface area contributed by atoms with Crippen LogP contribution < -0.4 is 0 Å². The number of nitrogens with zero attached hydrogens (tertiary/aromatic N) is 2. The Morgan fingerprint density at radius 1 is 0.914 bits per heavy atom. The van der Waals surface area contributed by atoms with Crippen LogP contribution in [0.2, 0.25) is 0 Å². The van der Waals surface area contributed by atoms with Gasteiger partial charge < -0.3 is 4.74 Å². The van der Waals surface area contributed by atoms with Gasteiger partial charge in [-0.2, -0.15) is 0 Å². The highest BCUT2D eigenvalue weighted by Crippen LogP contribution is 2.44. The first kappa shape index (κ1) is 23.3. The molecule has 2 atom stereocenters. The first-order valence-electron chi connectivity index (χ1n) is 12.5. The number of aliphatic imine (C=N–C) groups is 1. The molecule has 0 N–H and O–H groups in total. The molecular formula is C32H34N2O. The van der Waals surface area contributed by atoms with Crippen LogP contribution in [0, 0.1) is 5.92 Å². The molecule has 0 radical (unpaired) electrons. The number of fused-ring (bicyclic) bond motifs is 1. The van der Waals surface area contributed by atoms with Gasteiger partial charge in [0.1, 0.15) is 6.61 Å². The summed E-state index contributed by atoms with van der Waals surface area (Å²) in [7, 11) is 0. The van der Waals surface area contributed by atoms with Crippen LogP contribution >= 0.6 is 0 Å². The molecule has 0 fully saturated rings. The Labute approximate surface area is 209 Å². The highest BCUT2D eigenvalue weighted by Gasteiger charge is 2.37. The van der Waals surface area contributed by atoms with Gasteiger partial charge in [0, 0.05) is 30.6 Å². The summed E-state index contributed by atoms with van der Waals surface area (Å²) in [6, 6.07) is 30.6. The summed E-state index contributed by atoms with van der Waals surface area (Å²) in [6.45, 7) is 10.7. The van der Waals surface area contributed by atoms with Gasteiger partial charge in [-0.05, 0) is 42.5 Å². The van der Waals surface area contributed by atoms with E-state index in [-0.39, 0.29) is 17.5 Å². The van der Waals surface area contributed by atoms with Gasteiger partial charge in [0.15, 0.2) is 0 Å². The predicted octanol–water partition coefficient (Wildman–Crippen LogP) is 7.23. The normalized spacial score (nSPS) is 20.5. The third kappa shape index (κ3) is 5.16. The van der Waals surface area contributed by atoms with Crippen LogP contribution in [0.15, 0.2) is 109 Å². The summed E-state index contributed by atoms with van der Waals surface area (Å²) < 4.78 is 6.12. The van der Waals surface area contributed by atoms with Crippen LogP contribution in [-0.4, -0.2) is 22.9 Å². The minimum absolute atomic E-state index is 0.192. The maximum atomic E-state index is 6.12. The second kappa shape index (κ2) is 10.1. The predicted molar refractivity (Wildman–Crippen MR) is 145 cm³/mol.